The third-order valence-corrected chi connectivity index (χ3v) is 19.1. The largest absolute Gasteiger partial charge is 0.378 e. The molecule has 2 N–H and O–H groups in total. The standard InChI is InChI=1S/C58H61N9O5S2/c1-63(30-24-58-62-61-57-13-5-6-29-66(57)58)73(68,69)47-20-22-55(64-25-7-8-26-64)49(38-47)53-36-44-18-16-42(34-51(44)59-53)14-15-43-17-19-45-37-54(60-52(45)35-43)50-39-48(21-23-56(50)65-27-9-10-28-65)74(70,71)67-31-32-72-40-46(67)33-41-11-3-2-4-12-41/h2-6,11-13,16-23,29,34-39,46,59-60H,7-10,14-15,24-28,30-33,40H2,1H3. The number of hydrogen-bond donors (Lipinski definition) is 2. The topological polar surface area (TPSA) is 152 Å². The van der Waals surface area contributed by atoms with E-state index in [1.807, 2.05) is 83.4 Å². The summed E-state index contributed by atoms with van der Waals surface area (Å²) in [5.41, 5.74) is 11.8. The summed E-state index contributed by atoms with van der Waals surface area (Å²) in [5.74, 6) is 0.709. The van der Waals surface area contributed by atoms with Gasteiger partial charge in [0.1, 0.15) is 5.82 Å². The van der Waals surface area contributed by atoms with E-state index in [1.165, 1.54) is 15.4 Å². The first kappa shape index (κ1) is 48.1. The molecule has 0 spiro atoms. The van der Waals surface area contributed by atoms with Gasteiger partial charge in [0.25, 0.3) is 0 Å². The number of aromatic amines is 2. The highest BCUT2D eigenvalue weighted by Crippen LogP contribution is 2.39. The second-order valence-electron chi connectivity index (χ2n) is 20.1. The smallest absolute Gasteiger partial charge is 0.243 e. The average Bonchev–Trinajstić information content (AvgIpc) is 4.31. The molecule has 380 valence electrons. The molecule has 16 heteroatoms. The van der Waals surface area contributed by atoms with Crippen molar-refractivity contribution in [1.82, 2.24) is 33.2 Å². The van der Waals surface area contributed by atoms with Gasteiger partial charge in [0.15, 0.2) is 5.65 Å². The normalized spacial score (nSPS) is 17.0. The van der Waals surface area contributed by atoms with Gasteiger partial charge in [0.05, 0.1) is 29.0 Å². The minimum atomic E-state index is -3.84. The number of H-pyrrole nitrogens is 2. The van der Waals surface area contributed by atoms with Gasteiger partial charge in [-0.1, -0.05) is 60.7 Å². The number of sulfonamides is 2. The zero-order valence-corrected chi connectivity index (χ0v) is 43.3. The highest BCUT2D eigenvalue weighted by molar-refractivity contribution is 7.89. The molecular weight excluding hydrogens is 967 g/mol. The number of nitrogens with zero attached hydrogens (tertiary/aromatic N) is 7. The van der Waals surface area contributed by atoms with Crippen molar-refractivity contribution in [2.24, 2.45) is 0 Å². The Balaban J connectivity index is 0.781. The Morgan fingerprint density at radius 1 is 0.608 bits per heavy atom. The number of morpholine rings is 1. The van der Waals surface area contributed by atoms with Gasteiger partial charge in [-0.2, -0.15) is 4.31 Å². The Morgan fingerprint density at radius 3 is 1.84 bits per heavy atom. The predicted octanol–water partition coefficient (Wildman–Crippen LogP) is 9.51. The molecule has 7 heterocycles. The van der Waals surface area contributed by atoms with Crippen LogP contribution in [0.25, 0.3) is 50.0 Å². The molecule has 4 aromatic heterocycles. The van der Waals surface area contributed by atoms with Crippen molar-refractivity contribution in [3.8, 4) is 22.5 Å². The van der Waals surface area contributed by atoms with E-state index in [1.54, 1.807) is 23.5 Å². The van der Waals surface area contributed by atoms with E-state index in [4.69, 9.17) is 4.74 Å². The van der Waals surface area contributed by atoms with Crippen molar-refractivity contribution in [1.29, 1.82) is 0 Å². The minimum Gasteiger partial charge on any atom is -0.378 e. The Kier molecular flexibility index (Phi) is 13.1. The van der Waals surface area contributed by atoms with E-state index < -0.39 is 20.0 Å². The fourth-order valence-electron chi connectivity index (χ4n) is 11.2. The Morgan fingerprint density at radius 2 is 1.20 bits per heavy atom. The molecule has 5 aromatic carbocycles. The van der Waals surface area contributed by atoms with Crippen molar-refractivity contribution in [3.63, 3.8) is 0 Å². The van der Waals surface area contributed by atoms with Gasteiger partial charge in [0.2, 0.25) is 20.0 Å². The summed E-state index contributed by atoms with van der Waals surface area (Å²) >= 11 is 0. The van der Waals surface area contributed by atoms with Gasteiger partial charge in [0, 0.05) is 115 Å². The molecule has 0 amide bonds. The molecular formula is C58H61N9O5S2. The molecule has 0 saturated carbocycles. The lowest BCUT2D eigenvalue weighted by atomic mass is 10.0. The third-order valence-electron chi connectivity index (χ3n) is 15.3. The molecule has 3 fully saturated rings. The number of ether oxygens (including phenoxy) is 1. The molecule has 12 rings (SSSR count). The molecule has 1 unspecified atom stereocenters. The van der Waals surface area contributed by atoms with Crippen LogP contribution in [-0.2, 0) is 50.5 Å². The fourth-order valence-corrected chi connectivity index (χ4v) is 14.1. The van der Waals surface area contributed by atoms with Crippen LogP contribution in [0.5, 0.6) is 0 Å². The van der Waals surface area contributed by atoms with E-state index in [9.17, 15) is 16.8 Å². The molecule has 3 saturated heterocycles. The number of hydrogen-bond acceptors (Lipinski definition) is 9. The van der Waals surface area contributed by atoms with Gasteiger partial charge >= 0.3 is 0 Å². The van der Waals surface area contributed by atoms with Crippen LogP contribution in [0.1, 0.15) is 48.2 Å². The minimum absolute atomic E-state index is 0.250. The number of aromatic nitrogens is 5. The summed E-state index contributed by atoms with van der Waals surface area (Å²) < 4.78 is 68.2. The van der Waals surface area contributed by atoms with Crippen molar-refractivity contribution in [2.75, 3.05) is 69.3 Å². The number of likely N-dealkylation sites (N-methyl/N-ethyl adjacent to an activating group) is 1. The van der Waals surface area contributed by atoms with Crippen LogP contribution < -0.4 is 9.80 Å². The molecule has 0 radical (unpaired) electrons. The highest BCUT2D eigenvalue weighted by atomic mass is 32.2. The van der Waals surface area contributed by atoms with Crippen LogP contribution in [-0.4, -0.2) is 116 Å². The Bertz CT molecular complexity index is 3730. The molecule has 74 heavy (non-hydrogen) atoms. The Hall–Kier alpha value is -6.82. The van der Waals surface area contributed by atoms with E-state index >= 15 is 0 Å². The second-order valence-corrected chi connectivity index (χ2v) is 24.0. The summed E-state index contributed by atoms with van der Waals surface area (Å²) in [4.78, 5) is 12.7. The van der Waals surface area contributed by atoms with Crippen LogP contribution in [0.15, 0.2) is 149 Å². The monoisotopic (exact) mass is 1030 g/mol. The first-order valence-corrected chi connectivity index (χ1v) is 28.8. The first-order valence-electron chi connectivity index (χ1n) is 26.0. The maximum atomic E-state index is 14.6. The average molecular weight is 1030 g/mol. The zero-order chi connectivity index (χ0) is 50.4. The lowest BCUT2D eigenvalue weighted by molar-refractivity contribution is 0.0328. The van der Waals surface area contributed by atoms with Gasteiger partial charge in [-0.15, -0.1) is 10.2 Å². The SMILES string of the molecule is CN(CCc1nnc2ccccn12)S(=O)(=O)c1ccc(N2CCCC2)c(-c2cc3ccc(CCc4ccc5cc(-c6cc(S(=O)(=O)N7CCOCC7Cc7ccccc7)ccc6N6CCCC6)[nH]c5c4)cc3[nH]2)c1. The molecule has 9 aromatic rings. The van der Waals surface area contributed by atoms with Crippen molar-refractivity contribution in [2.45, 2.75) is 67.2 Å². The summed E-state index contributed by atoms with van der Waals surface area (Å²) in [7, 11) is -6.04. The maximum Gasteiger partial charge on any atom is 0.243 e. The molecule has 3 aliphatic heterocycles. The summed E-state index contributed by atoms with van der Waals surface area (Å²) in [6.07, 6.45) is 8.94. The van der Waals surface area contributed by atoms with Crippen LogP contribution in [0, 0.1) is 0 Å². The van der Waals surface area contributed by atoms with E-state index in [2.05, 4.69) is 78.5 Å². The second kappa shape index (κ2) is 20.1. The van der Waals surface area contributed by atoms with E-state index in [0.717, 1.165) is 132 Å². The molecule has 0 aliphatic carbocycles. The number of fused-ring (bicyclic) bond motifs is 3. The lowest BCUT2D eigenvalue weighted by Gasteiger charge is -2.35. The van der Waals surface area contributed by atoms with Crippen LogP contribution in [0.2, 0.25) is 0 Å². The number of rotatable bonds is 16. The third kappa shape index (κ3) is 9.49. The number of anilines is 2. The molecule has 1 atom stereocenters. The summed E-state index contributed by atoms with van der Waals surface area (Å²) in [6.45, 7) is 5.00. The number of aryl methyl sites for hydroxylation is 2. The molecule has 0 bridgehead atoms. The van der Waals surface area contributed by atoms with Crippen molar-refractivity contribution < 1.29 is 21.6 Å². The van der Waals surface area contributed by atoms with E-state index in [0.29, 0.717) is 43.3 Å². The van der Waals surface area contributed by atoms with Gasteiger partial charge in [-0.3, -0.25) is 4.40 Å². The van der Waals surface area contributed by atoms with Crippen molar-refractivity contribution >= 4 is 58.9 Å². The van der Waals surface area contributed by atoms with E-state index in [-0.39, 0.29) is 17.5 Å². The fraction of sp³-hybridized carbons (Fsp3) is 0.310. The number of nitrogens with one attached hydrogen (secondary N) is 2. The van der Waals surface area contributed by atoms with Gasteiger partial charge in [-0.25, -0.2) is 21.1 Å². The predicted molar refractivity (Wildman–Crippen MR) is 293 cm³/mol. The Labute approximate surface area is 432 Å². The summed E-state index contributed by atoms with van der Waals surface area (Å²) in [6, 6.07) is 44.0. The van der Waals surface area contributed by atoms with Crippen LogP contribution in [0.4, 0.5) is 11.4 Å². The number of pyridine rings is 1. The quantitative estimate of drug-likeness (QED) is 0.0965. The van der Waals surface area contributed by atoms with Crippen molar-refractivity contribution in [3.05, 3.63) is 162 Å². The zero-order valence-electron chi connectivity index (χ0n) is 41.7. The number of benzene rings is 5. The first-order chi connectivity index (χ1) is 36.0. The van der Waals surface area contributed by atoms with Crippen LogP contribution >= 0.6 is 0 Å². The van der Waals surface area contributed by atoms with Gasteiger partial charge < -0.3 is 24.5 Å². The molecule has 3 aliphatic rings. The lowest BCUT2D eigenvalue weighted by Crippen LogP contribution is -2.49. The maximum absolute atomic E-state index is 14.6. The van der Waals surface area contributed by atoms with Gasteiger partial charge in [-0.05, 0) is 134 Å². The summed E-state index contributed by atoms with van der Waals surface area (Å²) in [5, 5.41) is 10.7. The molecule has 14 nitrogen and oxygen atoms in total. The highest BCUT2D eigenvalue weighted by Gasteiger charge is 2.35. The van der Waals surface area contributed by atoms with Crippen LogP contribution in [0.3, 0.4) is 0 Å².